The van der Waals surface area contributed by atoms with Gasteiger partial charge >= 0.3 is 5.69 Å². The molecule has 19 heavy (non-hydrogen) atoms. The van der Waals surface area contributed by atoms with Crippen molar-refractivity contribution in [1.29, 1.82) is 5.26 Å². The van der Waals surface area contributed by atoms with E-state index in [9.17, 15) is 10.1 Å². The molecule has 2 unspecified atom stereocenters. The van der Waals surface area contributed by atoms with Gasteiger partial charge in [-0.05, 0) is 37.8 Å². The zero-order valence-corrected chi connectivity index (χ0v) is 10.4. The summed E-state index contributed by atoms with van der Waals surface area (Å²) in [6, 6.07) is 6.43. The zero-order valence-electron chi connectivity index (χ0n) is 10.4. The Kier molecular flexibility index (Phi) is 3.97. The minimum atomic E-state index is -0.573. The Morgan fingerprint density at radius 2 is 2.26 bits per heavy atom. The normalized spacial score (nSPS) is 22.5. The van der Waals surface area contributed by atoms with Crippen LogP contribution in [0.5, 0.6) is 5.75 Å². The minimum Gasteiger partial charge on any atom is -0.483 e. The van der Waals surface area contributed by atoms with Crippen molar-refractivity contribution in [2.24, 2.45) is 5.73 Å². The SMILES string of the molecule is N#Cc1cccc(OC2CCCC(N)C2)c1[N+](=O)[O-]. The highest BCUT2D eigenvalue weighted by Gasteiger charge is 2.26. The molecule has 0 spiro atoms. The molecule has 1 aromatic rings. The number of nitriles is 1. The van der Waals surface area contributed by atoms with E-state index in [0.29, 0.717) is 6.42 Å². The fraction of sp³-hybridized carbons (Fsp3) is 0.462. The summed E-state index contributed by atoms with van der Waals surface area (Å²) in [5, 5.41) is 20.0. The van der Waals surface area contributed by atoms with Crippen molar-refractivity contribution in [3.8, 4) is 11.8 Å². The van der Waals surface area contributed by atoms with Crippen molar-refractivity contribution in [3.05, 3.63) is 33.9 Å². The Hall–Kier alpha value is -2.13. The number of ether oxygens (including phenoxy) is 1. The van der Waals surface area contributed by atoms with Gasteiger partial charge in [0.2, 0.25) is 0 Å². The number of para-hydroxylation sites is 1. The first-order valence-corrected chi connectivity index (χ1v) is 6.21. The summed E-state index contributed by atoms with van der Waals surface area (Å²) >= 11 is 0. The van der Waals surface area contributed by atoms with E-state index in [1.54, 1.807) is 6.07 Å². The van der Waals surface area contributed by atoms with Crippen molar-refractivity contribution < 1.29 is 9.66 Å². The van der Waals surface area contributed by atoms with E-state index >= 15 is 0 Å². The van der Waals surface area contributed by atoms with Gasteiger partial charge in [0.15, 0.2) is 5.75 Å². The predicted octanol–water partition coefficient (Wildman–Crippen LogP) is 2.12. The number of rotatable bonds is 3. The standard InChI is InChI=1S/C13H15N3O3/c14-8-9-3-1-6-12(13(9)16(17)18)19-11-5-2-4-10(15)7-11/h1,3,6,10-11H,2,4-5,7,15H2. The van der Waals surface area contributed by atoms with Crippen LogP contribution < -0.4 is 10.5 Å². The second kappa shape index (κ2) is 5.67. The topological polar surface area (TPSA) is 102 Å². The van der Waals surface area contributed by atoms with E-state index < -0.39 is 4.92 Å². The molecule has 1 aliphatic carbocycles. The molecule has 6 nitrogen and oxygen atoms in total. The lowest BCUT2D eigenvalue weighted by atomic mass is 9.93. The minimum absolute atomic E-state index is 0.0163. The van der Waals surface area contributed by atoms with Gasteiger partial charge in [-0.25, -0.2) is 0 Å². The molecule has 0 aromatic heterocycles. The second-order valence-corrected chi connectivity index (χ2v) is 4.69. The highest BCUT2D eigenvalue weighted by Crippen LogP contribution is 2.33. The molecule has 2 N–H and O–H groups in total. The Balaban J connectivity index is 2.25. The van der Waals surface area contributed by atoms with Crippen LogP contribution in [0.2, 0.25) is 0 Å². The maximum Gasteiger partial charge on any atom is 0.328 e. The lowest BCUT2D eigenvalue weighted by molar-refractivity contribution is -0.386. The van der Waals surface area contributed by atoms with Crippen LogP contribution in [0.25, 0.3) is 0 Å². The van der Waals surface area contributed by atoms with E-state index in [4.69, 9.17) is 15.7 Å². The molecule has 0 amide bonds. The molecule has 1 saturated carbocycles. The number of benzene rings is 1. The summed E-state index contributed by atoms with van der Waals surface area (Å²) in [4.78, 5) is 10.5. The average molecular weight is 261 g/mol. The lowest BCUT2D eigenvalue weighted by Crippen LogP contribution is -2.33. The molecule has 1 fully saturated rings. The van der Waals surface area contributed by atoms with E-state index in [2.05, 4.69) is 0 Å². The Morgan fingerprint density at radius 3 is 2.89 bits per heavy atom. The molecule has 0 aliphatic heterocycles. The molecular formula is C13H15N3O3. The van der Waals surface area contributed by atoms with E-state index in [-0.39, 0.29) is 29.1 Å². The number of nitro groups is 1. The lowest BCUT2D eigenvalue weighted by Gasteiger charge is -2.27. The van der Waals surface area contributed by atoms with Crippen molar-refractivity contribution in [2.45, 2.75) is 37.8 Å². The summed E-state index contributed by atoms with van der Waals surface area (Å²) in [5.41, 5.74) is 5.62. The average Bonchev–Trinajstić information content (AvgIpc) is 2.38. The summed E-state index contributed by atoms with van der Waals surface area (Å²) in [6.07, 6.45) is 3.32. The van der Waals surface area contributed by atoms with E-state index in [1.165, 1.54) is 12.1 Å². The number of hydrogen-bond donors (Lipinski definition) is 1. The molecule has 100 valence electrons. The van der Waals surface area contributed by atoms with Crippen LogP contribution >= 0.6 is 0 Å². The van der Waals surface area contributed by atoms with Gasteiger partial charge in [0.05, 0.1) is 4.92 Å². The van der Waals surface area contributed by atoms with E-state index in [0.717, 1.165) is 19.3 Å². The van der Waals surface area contributed by atoms with Crippen molar-refractivity contribution in [1.82, 2.24) is 0 Å². The number of nitrogens with zero attached hydrogens (tertiary/aromatic N) is 2. The van der Waals surface area contributed by atoms with Gasteiger partial charge < -0.3 is 10.5 Å². The van der Waals surface area contributed by atoms with Crippen LogP contribution in [-0.4, -0.2) is 17.1 Å². The molecule has 6 heteroatoms. The van der Waals surface area contributed by atoms with Crippen molar-refractivity contribution in [3.63, 3.8) is 0 Å². The Bertz CT molecular complexity index is 524. The van der Waals surface area contributed by atoms with Crippen LogP contribution in [0, 0.1) is 21.4 Å². The van der Waals surface area contributed by atoms with Crippen LogP contribution in [0.1, 0.15) is 31.2 Å². The number of nitro benzene ring substituents is 1. The first-order valence-electron chi connectivity index (χ1n) is 6.21. The first kappa shape index (κ1) is 13.3. The van der Waals surface area contributed by atoms with Gasteiger partial charge in [-0.15, -0.1) is 0 Å². The Labute approximate surface area is 110 Å². The third-order valence-electron chi connectivity index (χ3n) is 3.26. The summed E-state index contributed by atoms with van der Waals surface area (Å²) < 4.78 is 5.69. The maximum absolute atomic E-state index is 11.1. The molecular weight excluding hydrogens is 246 g/mol. The number of nitrogens with two attached hydrogens (primary N) is 1. The third-order valence-corrected chi connectivity index (χ3v) is 3.26. The summed E-state index contributed by atoms with van der Waals surface area (Å²) in [7, 11) is 0. The largest absolute Gasteiger partial charge is 0.483 e. The molecule has 1 aliphatic rings. The Morgan fingerprint density at radius 1 is 1.47 bits per heavy atom. The molecule has 0 bridgehead atoms. The monoisotopic (exact) mass is 261 g/mol. The van der Waals surface area contributed by atoms with Crippen LogP contribution in [0.3, 0.4) is 0 Å². The van der Waals surface area contributed by atoms with Gasteiger partial charge in [0, 0.05) is 6.04 Å². The molecule has 2 atom stereocenters. The van der Waals surface area contributed by atoms with Gasteiger partial charge in [0.1, 0.15) is 17.7 Å². The van der Waals surface area contributed by atoms with Crippen molar-refractivity contribution >= 4 is 5.69 Å². The molecule has 0 heterocycles. The van der Waals surface area contributed by atoms with Gasteiger partial charge in [-0.1, -0.05) is 6.07 Å². The molecule has 2 rings (SSSR count). The van der Waals surface area contributed by atoms with Crippen molar-refractivity contribution in [2.75, 3.05) is 0 Å². The molecule has 0 radical (unpaired) electrons. The first-order chi connectivity index (χ1) is 9.11. The van der Waals surface area contributed by atoms with Crippen LogP contribution in [0.15, 0.2) is 18.2 Å². The summed E-state index contributed by atoms with van der Waals surface area (Å²) in [6.45, 7) is 0. The highest BCUT2D eigenvalue weighted by atomic mass is 16.6. The van der Waals surface area contributed by atoms with Gasteiger partial charge in [-0.3, -0.25) is 10.1 Å². The fourth-order valence-corrected chi connectivity index (χ4v) is 2.36. The van der Waals surface area contributed by atoms with Crippen LogP contribution in [0.4, 0.5) is 5.69 Å². The predicted molar refractivity (Wildman–Crippen MR) is 68.7 cm³/mol. The maximum atomic E-state index is 11.1. The molecule has 0 saturated heterocycles. The second-order valence-electron chi connectivity index (χ2n) is 4.69. The van der Waals surface area contributed by atoms with Gasteiger partial charge in [0.25, 0.3) is 0 Å². The fourth-order valence-electron chi connectivity index (χ4n) is 2.36. The smallest absolute Gasteiger partial charge is 0.328 e. The quantitative estimate of drug-likeness (QED) is 0.663. The van der Waals surface area contributed by atoms with Crippen LogP contribution in [-0.2, 0) is 0 Å². The van der Waals surface area contributed by atoms with Gasteiger partial charge in [-0.2, -0.15) is 5.26 Å². The van der Waals surface area contributed by atoms with E-state index in [1.807, 2.05) is 6.07 Å². The number of hydrogen-bond acceptors (Lipinski definition) is 5. The summed E-state index contributed by atoms with van der Waals surface area (Å²) in [5.74, 6) is 0.156. The highest BCUT2D eigenvalue weighted by molar-refractivity contribution is 5.58. The zero-order chi connectivity index (χ0) is 13.8. The third kappa shape index (κ3) is 3.01. The molecule has 1 aromatic carbocycles.